The lowest BCUT2D eigenvalue weighted by molar-refractivity contribution is -0.384. The summed E-state index contributed by atoms with van der Waals surface area (Å²) in [6, 6.07) is 3.68. The molecule has 120 valence electrons. The molecule has 0 spiro atoms. The number of nitro groups is 1. The van der Waals surface area contributed by atoms with Crippen LogP contribution in [0.4, 0.5) is 21.9 Å². The van der Waals surface area contributed by atoms with Crippen LogP contribution < -0.4 is 16.4 Å². The van der Waals surface area contributed by atoms with Crippen LogP contribution in [0.3, 0.4) is 0 Å². The number of carbonyl (C=O) groups is 2. The van der Waals surface area contributed by atoms with Crippen molar-refractivity contribution >= 4 is 29.1 Å². The van der Waals surface area contributed by atoms with Crippen LogP contribution in [0.2, 0.25) is 0 Å². The number of amides is 2. The van der Waals surface area contributed by atoms with Crippen LogP contribution in [0.1, 0.15) is 20.8 Å². The van der Waals surface area contributed by atoms with Gasteiger partial charge in [0.15, 0.2) is 0 Å². The fourth-order valence-corrected chi connectivity index (χ4v) is 1.43. The molecule has 0 aliphatic carbocycles. The number of nitrogens with two attached hydrogens (primary N) is 1. The third-order valence-electron chi connectivity index (χ3n) is 2.31. The third kappa shape index (κ3) is 5.65. The number of nitrogens with one attached hydrogen (secondary N) is 2. The molecule has 2 amide bonds. The minimum Gasteiger partial charge on any atom is -0.444 e. The van der Waals surface area contributed by atoms with E-state index in [0.717, 1.165) is 6.07 Å². The number of nitrogens with zero attached hydrogens (tertiary/aromatic N) is 1. The maximum atomic E-state index is 11.7. The number of rotatable bonds is 4. The number of nitrogen functional groups attached to an aromatic ring is 1. The highest BCUT2D eigenvalue weighted by Gasteiger charge is 2.17. The molecule has 0 aliphatic heterocycles. The van der Waals surface area contributed by atoms with E-state index >= 15 is 0 Å². The Labute approximate surface area is 127 Å². The van der Waals surface area contributed by atoms with Crippen LogP contribution in [-0.2, 0) is 9.53 Å². The van der Waals surface area contributed by atoms with Gasteiger partial charge in [0, 0.05) is 12.1 Å². The first-order valence-corrected chi connectivity index (χ1v) is 6.39. The van der Waals surface area contributed by atoms with Gasteiger partial charge in [0.2, 0.25) is 5.91 Å². The van der Waals surface area contributed by atoms with Gasteiger partial charge in [-0.3, -0.25) is 14.9 Å². The molecule has 0 aromatic heterocycles. The summed E-state index contributed by atoms with van der Waals surface area (Å²) in [6.07, 6.45) is -0.741. The summed E-state index contributed by atoms with van der Waals surface area (Å²) >= 11 is 0. The number of nitro benzene ring substituents is 1. The number of hydrogen-bond acceptors (Lipinski definition) is 6. The van der Waals surface area contributed by atoms with Crippen molar-refractivity contribution in [3.05, 3.63) is 28.3 Å². The number of benzene rings is 1. The van der Waals surface area contributed by atoms with Gasteiger partial charge in [-0.05, 0) is 26.8 Å². The summed E-state index contributed by atoms with van der Waals surface area (Å²) in [5, 5.41) is 15.3. The minimum absolute atomic E-state index is 0.102. The maximum Gasteiger partial charge on any atom is 0.408 e. The normalized spacial score (nSPS) is 10.7. The zero-order valence-corrected chi connectivity index (χ0v) is 12.5. The summed E-state index contributed by atoms with van der Waals surface area (Å²) in [7, 11) is 0. The van der Waals surface area contributed by atoms with Gasteiger partial charge < -0.3 is 21.1 Å². The summed E-state index contributed by atoms with van der Waals surface area (Å²) in [5.41, 5.74) is 5.03. The van der Waals surface area contributed by atoms with Crippen LogP contribution in [0.25, 0.3) is 0 Å². The molecule has 1 aromatic rings. The Morgan fingerprint density at radius 2 is 2.00 bits per heavy atom. The molecular weight excluding hydrogens is 292 g/mol. The summed E-state index contributed by atoms with van der Waals surface area (Å²) < 4.78 is 4.97. The van der Waals surface area contributed by atoms with Crippen molar-refractivity contribution in [2.24, 2.45) is 0 Å². The first-order chi connectivity index (χ1) is 10.1. The highest BCUT2D eigenvalue weighted by atomic mass is 16.6. The minimum atomic E-state index is -0.741. The fraction of sp³-hybridized carbons (Fsp3) is 0.385. The van der Waals surface area contributed by atoms with Crippen LogP contribution in [0, 0.1) is 10.1 Å². The second kappa shape index (κ2) is 6.74. The molecule has 0 aliphatic rings. The van der Waals surface area contributed by atoms with Gasteiger partial charge in [0.25, 0.3) is 5.69 Å². The van der Waals surface area contributed by atoms with E-state index in [1.54, 1.807) is 20.8 Å². The Hall–Kier alpha value is -2.84. The van der Waals surface area contributed by atoms with Gasteiger partial charge in [-0.1, -0.05) is 0 Å². The first kappa shape index (κ1) is 17.2. The largest absolute Gasteiger partial charge is 0.444 e. The Morgan fingerprint density at radius 1 is 1.36 bits per heavy atom. The molecule has 0 unspecified atom stereocenters. The Bertz CT molecular complexity index is 595. The molecule has 1 rings (SSSR count). The Morgan fingerprint density at radius 3 is 2.55 bits per heavy atom. The Kier molecular flexibility index (Phi) is 5.28. The van der Waals surface area contributed by atoms with Crippen LogP contribution in [0.5, 0.6) is 0 Å². The van der Waals surface area contributed by atoms with E-state index in [9.17, 15) is 19.7 Å². The number of carbonyl (C=O) groups excluding carboxylic acids is 2. The summed E-state index contributed by atoms with van der Waals surface area (Å²) in [5.74, 6) is -0.585. The van der Waals surface area contributed by atoms with E-state index in [1.165, 1.54) is 12.1 Å². The fourth-order valence-electron chi connectivity index (χ4n) is 1.43. The number of ether oxygens (including phenoxy) is 1. The van der Waals surface area contributed by atoms with E-state index in [0.29, 0.717) is 0 Å². The number of hydrogen-bond donors (Lipinski definition) is 3. The summed E-state index contributed by atoms with van der Waals surface area (Å²) in [4.78, 5) is 33.2. The van der Waals surface area contributed by atoms with Crippen molar-refractivity contribution in [1.29, 1.82) is 0 Å². The zero-order chi connectivity index (χ0) is 16.9. The topological polar surface area (TPSA) is 137 Å². The van der Waals surface area contributed by atoms with Gasteiger partial charge in [0.05, 0.1) is 16.3 Å². The maximum absolute atomic E-state index is 11.7. The second-order valence-corrected chi connectivity index (χ2v) is 5.43. The van der Waals surface area contributed by atoms with Crippen LogP contribution in [0.15, 0.2) is 18.2 Å². The second-order valence-electron chi connectivity index (χ2n) is 5.43. The van der Waals surface area contributed by atoms with Gasteiger partial charge in [-0.25, -0.2) is 4.79 Å². The summed E-state index contributed by atoms with van der Waals surface area (Å²) in [6.45, 7) is 4.72. The lowest BCUT2D eigenvalue weighted by atomic mass is 10.2. The van der Waals surface area contributed by atoms with E-state index in [4.69, 9.17) is 10.5 Å². The predicted molar refractivity (Wildman–Crippen MR) is 80.4 cm³/mol. The average Bonchev–Trinajstić information content (AvgIpc) is 2.36. The van der Waals surface area contributed by atoms with Gasteiger partial charge in [-0.15, -0.1) is 0 Å². The molecule has 0 bridgehead atoms. The highest BCUT2D eigenvalue weighted by molar-refractivity contribution is 5.96. The predicted octanol–water partition coefficient (Wildman–Crippen LogP) is 1.64. The number of non-ortho nitro benzene ring substituents is 1. The van der Waals surface area contributed by atoms with Crippen molar-refractivity contribution in [2.45, 2.75) is 26.4 Å². The monoisotopic (exact) mass is 310 g/mol. The van der Waals surface area contributed by atoms with Crippen LogP contribution >= 0.6 is 0 Å². The van der Waals surface area contributed by atoms with E-state index in [2.05, 4.69) is 10.6 Å². The molecule has 0 saturated carbocycles. The third-order valence-corrected chi connectivity index (χ3v) is 2.31. The van der Waals surface area contributed by atoms with Gasteiger partial charge >= 0.3 is 6.09 Å². The van der Waals surface area contributed by atoms with E-state index in [1.807, 2.05) is 0 Å². The SMILES string of the molecule is CC(C)(C)OC(=O)NCC(=O)Nc1cc([N+](=O)[O-])ccc1N. The smallest absolute Gasteiger partial charge is 0.408 e. The lowest BCUT2D eigenvalue weighted by Crippen LogP contribution is -2.37. The van der Waals surface area contributed by atoms with Crippen molar-refractivity contribution in [3.8, 4) is 0 Å². The zero-order valence-electron chi connectivity index (χ0n) is 12.5. The molecule has 0 heterocycles. The average molecular weight is 310 g/mol. The molecule has 1 aromatic carbocycles. The molecule has 9 nitrogen and oxygen atoms in total. The molecule has 9 heteroatoms. The van der Waals surface area contributed by atoms with Crippen molar-refractivity contribution < 1.29 is 19.2 Å². The van der Waals surface area contributed by atoms with Crippen molar-refractivity contribution in [3.63, 3.8) is 0 Å². The van der Waals surface area contributed by atoms with E-state index < -0.39 is 22.5 Å². The van der Waals surface area contributed by atoms with Gasteiger partial charge in [-0.2, -0.15) is 0 Å². The molecule has 22 heavy (non-hydrogen) atoms. The standard InChI is InChI=1S/C13H18N4O5/c1-13(2,3)22-12(19)15-7-11(18)16-10-6-8(17(20)21)4-5-9(10)14/h4-6H,7,14H2,1-3H3,(H,15,19)(H,16,18). The molecular formula is C13H18N4O5. The molecule has 0 fully saturated rings. The van der Waals surface area contributed by atoms with Crippen molar-refractivity contribution in [1.82, 2.24) is 5.32 Å². The molecule has 0 radical (unpaired) electrons. The highest BCUT2D eigenvalue weighted by Crippen LogP contribution is 2.24. The van der Waals surface area contributed by atoms with Gasteiger partial charge in [0.1, 0.15) is 12.1 Å². The van der Waals surface area contributed by atoms with Crippen LogP contribution in [-0.4, -0.2) is 29.1 Å². The number of anilines is 2. The van der Waals surface area contributed by atoms with Crippen molar-refractivity contribution in [2.75, 3.05) is 17.6 Å². The molecule has 0 saturated heterocycles. The quantitative estimate of drug-likeness (QED) is 0.439. The Balaban J connectivity index is 2.60. The number of alkyl carbamates (subject to hydrolysis) is 1. The molecule has 0 atom stereocenters. The van der Waals surface area contributed by atoms with E-state index in [-0.39, 0.29) is 23.6 Å². The molecule has 4 N–H and O–H groups in total. The first-order valence-electron chi connectivity index (χ1n) is 6.39. The lowest BCUT2D eigenvalue weighted by Gasteiger charge is -2.19.